The largest absolute Gasteiger partial charge is 0.507 e. The summed E-state index contributed by atoms with van der Waals surface area (Å²) >= 11 is 0. The zero-order valence-electron chi connectivity index (χ0n) is 22.3. The van der Waals surface area contributed by atoms with Crippen LogP contribution in [0.5, 0.6) is 5.75 Å². The highest BCUT2D eigenvalue weighted by Gasteiger charge is 2.47. The van der Waals surface area contributed by atoms with Gasteiger partial charge in [0.15, 0.2) is 0 Å². The second-order valence-electron chi connectivity index (χ2n) is 9.84. The molecule has 2 amide bonds. The van der Waals surface area contributed by atoms with Crippen molar-refractivity contribution in [3.8, 4) is 5.75 Å². The van der Waals surface area contributed by atoms with Crippen LogP contribution in [0.4, 0.5) is 22.7 Å². The summed E-state index contributed by atoms with van der Waals surface area (Å²) < 4.78 is 5.72. The van der Waals surface area contributed by atoms with Crippen LogP contribution >= 0.6 is 0 Å². The van der Waals surface area contributed by atoms with Crippen LogP contribution in [0.2, 0.25) is 0 Å². The molecule has 0 radical (unpaired) electrons. The maximum Gasteiger partial charge on any atom is 0.300 e. The van der Waals surface area contributed by atoms with Crippen molar-refractivity contribution in [1.82, 2.24) is 0 Å². The van der Waals surface area contributed by atoms with Crippen molar-refractivity contribution < 1.29 is 24.2 Å². The van der Waals surface area contributed by atoms with Crippen LogP contribution in [0.3, 0.4) is 0 Å². The number of carbonyl (C=O) groups excluding carboxylic acids is 3. The Kier molecular flexibility index (Phi) is 6.74. The highest BCUT2D eigenvalue weighted by atomic mass is 16.5. The summed E-state index contributed by atoms with van der Waals surface area (Å²) in [6, 6.07) is 18.5. The van der Waals surface area contributed by atoms with E-state index in [1.54, 1.807) is 42.5 Å². The minimum atomic E-state index is -0.890. The molecule has 0 spiro atoms. The van der Waals surface area contributed by atoms with Crippen molar-refractivity contribution in [3.63, 3.8) is 0 Å². The van der Waals surface area contributed by atoms with Crippen LogP contribution in [0.25, 0.3) is 5.76 Å². The molecule has 9 nitrogen and oxygen atoms in total. The van der Waals surface area contributed by atoms with Gasteiger partial charge in [0, 0.05) is 50.7 Å². The molecule has 1 fully saturated rings. The van der Waals surface area contributed by atoms with Crippen molar-refractivity contribution in [3.05, 3.63) is 83.4 Å². The maximum atomic E-state index is 13.6. The molecule has 0 aromatic heterocycles. The summed E-state index contributed by atoms with van der Waals surface area (Å²) in [5, 5.41) is 14.3. The van der Waals surface area contributed by atoms with Crippen LogP contribution in [0.15, 0.2) is 72.3 Å². The number of rotatable bonds is 5. The number of nitrogens with zero attached hydrogens (tertiary/aromatic N) is 3. The number of fused-ring (bicyclic) bond motifs is 1. The van der Waals surface area contributed by atoms with E-state index in [0.717, 1.165) is 11.4 Å². The summed E-state index contributed by atoms with van der Waals surface area (Å²) in [5.74, 6) is -1.40. The number of likely N-dealkylation sites (N-methyl/N-ethyl adjacent to an activating group) is 1. The van der Waals surface area contributed by atoms with E-state index < -0.39 is 17.7 Å². The van der Waals surface area contributed by atoms with Crippen LogP contribution in [-0.4, -0.2) is 57.0 Å². The van der Waals surface area contributed by atoms with E-state index in [0.29, 0.717) is 41.4 Å². The molecule has 2 heterocycles. The Morgan fingerprint density at radius 3 is 2.49 bits per heavy atom. The van der Waals surface area contributed by atoms with E-state index in [1.165, 1.54) is 11.8 Å². The SMILES string of the molecule is CC(=O)Nc1cccc(N2C(=O)C(=O)/C(=C(\O)c3ccc4c(c3)N(C)CCO4)C2c2ccc(N(C)C)cc2)c1. The number of aliphatic hydroxyl groups is 1. The molecular weight excluding hydrogens is 496 g/mol. The molecule has 2 N–H and O–H groups in total. The van der Waals surface area contributed by atoms with E-state index in [4.69, 9.17) is 4.74 Å². The number of hydrogen-bond donors (Lipinski definition) is 2. The van der Waals surface area contributed by atoms with Gasteiger partial charge in [-0.25, -0.2) is 0 Å². The third-order valence-electron chi connectivity index (χ3n) is 6.94. The molecule has 1 unspecified atom stereocenters. The molecule has 1 saturated heterocycles. The van der Waals surface area contributed by atoms with Crippen molar-refractivity contribution in [2.45, 2.75) is 13.0 Å². The first kappa shape index (κ1) is 25.8. The molecule has 39 heavy (non-hydrogen) atoms. The number of carbonyl (C=O) groups is 3. The minimum Gasteiger partial charge on any atom is -0.507 e. The van der Waals surface area contributed by atoms with E-state index in [1.807, 2.05) is 55.2 Å². The Bertz CT molecular complexity index is 1500. The summed E-state index contributed by atoms with van der Waals surface area (Å²) in [4.78, 5) is 44.1. The fourth-order valence-electron chi connectivity index (χ4n) is 4.96. The van der Waals surface area contributed by atoms with Gasteiger partial charge in [-0.15, -0.1) is 0 Å². The molecule has 0 aliphatic carbocycles. The number of anilines is 4. The van der Waals surface area contributed by atoms with Gasteiger partial charge in [0.1, 0.15) is 18.1 Å². The lowest BCUT2D eigenvalue weighted by atomic mass is 9.94. The van der Waals surface area contributed by atoms with Crippen LogP contribution in [-0.2, 0) is 14.4 Å². The number of benzene rings is 3. The van der Waals surface area contributed by atoms with Gasteiger partial charge in [-0.3, -0.25) is 19.3 Å². The third kappa shape index (κ3) is 4.79. The predicted octanol–water partition coefficient (Wildman–Crippen LogP) is 4.17. The van der Waals surface area contributed by atoms with E-state index >= 15 is 0 Å². The normalized spacial score (nSPS) is 18.0. The average Bonchev–Trinajstić information content (AvgIpc) is 3.18. The minimum absolute atomic E-state index is 0.0122. The summed E-state index contributed by atoms with van der Waals surface area (Å²) in [7, 11) is 5.77. The van der Waals surface area contributed by atoms with Crippen LogP contribution in [0, 0.1) is 0 Å². The Hall–Kier alpha value is -4.79. The molecule has 200 valence electrons. The van der Waals surface area contributed by atoms with E-state index in [-0.39, 0.29) is 17.2 Å². The van der Waals surface area contributed by atoms with Crippen LogP contribution < -0.4 is 24.8 Å². The molecule has 2 aliphatic heterocycles. The number of amides is 2. The third-order valence-corrected chi connectivity index (χ3v) is 6.94. The number of Topliss-reactive ketones (excluding diaryl/α,β-unsaturated/α-hetero) is 1. The van der Waals surface area contributed by atoms with Gasteiger partial charge in [-0.1, -0.05) is 18.2 Å². The first-order valence-electron chi connectivity index (χ1n) is 12.6. The van der Waals surface area contributed by atoms with Gasteiger partial charge in [0.25, 0.3) is 11.7 Å². The van der Waals surface area contributed by atoms with Crippen molar-refractivity contribution in [2.75, 3.05) is 54.3 Å². The van der Waals surface area contributed by atoms with Gasteiger partial charge >= 0.3 is 0 Å². The highest BCUT2D eigenvalue weighted by molar-refractivity contribution is 6.51. The van der Waals surface area contributed by atoms with E-state index in [9.17, 15) is 19.5 Å². The quantitative estimate of drug-likeness (QED) is 0.292. The van der Waals surface area contributed by atoms with Crippen molar-refractivity contribution in [2.24, 2.45) is 0 Å². The first-order valence-corrected chi connectivity index (χ1v) is 12.6. The van der Waals surface area contributed by atoms with Gasteiger partial charge in [0.05, 0.1) is 23.8 Å². The van der Waals surface area contributed by atoms with Gasteiger partial charge in [-0.05, 0) is 54.1 Å². The number of ether oxygens (including phenoxy) is 1. The zero-order chi connectivity index (χ0) is 27.8. The molecule has 9 heteroatoms. The molecule has 3 aromatic rings. The highest BCUT2D eigenvalue weighted by Crippen LogP contribution is 2.44. The van der Waals surface area contributed by atoms with E-state index in [2.05, 4.69) is 5.32 Å². The molecule has 5 rings (SSSR count). The Labute approximate surface area is 226 Å². The van der Waals surface area contributed by atoms with Crippen molar-refractivity contribution >= 4 is 46.1 Å². The lowest BCUT2D eigenvalue weighted by Crippen LogP contribution is -2.29. The van der Waals surface area contributed by atoms with Crippen LogP contribution in [0.1, 0.15) is 24.1 Å². The molecule has 2 aliphatic rings. The summed E-state index contributed by atoms with van der Waals surface area (Å²) in [6.45, 7) is 2.64. The predicted molar refractivity (Wildman–Crippen MR) is 152 cm³/mol. The van der Waals surface area contributed by atoms with Gasteiger partial charge in [-0.2, -0.15) is 0 Å². The number of hydrogen-bond acceptors (Lipinski definition) is 7. The Balaban J connectivity index is 1.68. The van der Waals surface area contributed by atoms with Gasteiger partial charge in [0.2, 0.25) is 5.91 Å². The zero-order valence-corrected chi connectivity index (χ0v) is 22.3. The molecule has 0 saturated carbocycles. The van der Waals surface area contributed by atoms with Gasteiger partial charge < -0.3 is 25.0 Å². The second kappa shape index (κ2) is 10.2. The molecule has 1 atom stereocenters. The average molecular weight is 527 g/mol. The lowest BCUT2D eigenvalue weighted by molar-refractivity contribution is -0.132. The monoisotopic (exact) mass is 526 g/mol. The first-order chi connectivity index (χ1) is 18.7. The fourth-order valence-corrected chi connectivity index (χ4v) is 4.96. The fraction of sp³-hybridized carbons (Fsp3) is 0.233. The molecular formula is C30H30N4O5. The standard InChI is InChI=1S/C30H30N4O5/c1-18(35)31-21-6-5-7-23(17-21)34-27(19-8-11-22(12-9-19)32(2)3)26(29(37)30(34)38)28(36)20-10-13-25-24(16-20)33(4)14-15-39-25/h5-13,16-17,27,36H,14-15H2,1-4H3,(H,31,35)/b28-26-. The molecule has 0 bridgehead atoms. The summed E-state index contributed by atoms with van der Waals surface area (Å²) in [6.07, 6.45) is 0. The van der Waals surface area contributed by atoms with Crippen molar-refractivity contribution in [1.29, 1.82) is 0 Å². The Morgan fingerprint density at radius 1 is 1.05 bits per heavy atom. The number of aliphatic hydroxyl groups excluding tert-OH is 1. The smallest absolute Gasteiger partial charge is 0.300 e. The lowest BCUT2D eigenvalue weighted by Gasteiger charge is -2.28. The number of nitrogens with one attached hydrogen (secondary N) is 1. The maximum absolute atomic E-state index is 13.6. The summed E-state index contributed by atoms with van der Waals surface area (Å²) in [5.41, 5.74) is 3.69. The topological polar surface area (TPSA) is 102 Å². The molecule has 3 aromatic carbocycles. The number of ketones is 1. The second-order valence-corrected chi connectivity index (χ2v) is 9.84. The Morgan fingerprint density at radius 2 is 1.79 bits per heavy atom.